The largest absolute Gasteiger partial charge is 0.495 e. The van der Waals surface area contributed by atoms with E-state index >= 15 is 0 Å². The first kappa shape index (κ1) is 21.9. The highest BCUT2D eigenvalue weighted by Crippen LogP contribution is 2.25. The maximum Gasteiger partial charge on any atom is 0.410 e. The van der Waals surface area contributed by atoms with Crippen LogP contribution in [-0.2, 0) is 22.6 Å². The van der Waals surface area contributed by atoms with Crippen LogP contribution in [0.3, 0.4) is 0 Å². The number of nitrogens with one attached hydrogen (secondary N) is 1. The van der Waals surface area contributed by atoms with E-state index in [4.69, 9.17) is 21.1 Å². The van der Waals surface area contributed by atoms with E-state index in [0.29, 0.717) is 23.7 Å². The molecule has 3 rings (SSSR count). The number of carbonyl (C=O) groups is 2. The Labute approximate surface area is 180 Å². The van der Waals surface area contributed by atoms with Gasteiger partial charge in [0.1, 0.15) is 18.4 Å². The number of likely N-dealkylation sites (tertiary alicyclic amines) is 1. The van der Waals surface area contributed by atoms with Crippen LogP contribution in [0.25, 0.3) is 0 Å². The second-order valence-corrected chi connectivity index (χ2v) is 7.51. The first-order valence-electron chi connectivity index (χ1n) is 9.73. The predicted octanol–water partition coefficient (Wildman–Crippen LogP) is 2.78. The zero-order valence-electron chi connectivity index (χ0n) is 16.7. The summed E-state index contributed by atoms with van der Waals surface area (Å²) >= 11 is 6.02. The molecule has 0 saturated carbocycles. The number of ether oxygens (including phenoxy) is 2. The number of nitrogens with zero attached hydrogens (tertiary/aromatic N) is 1. The maximum absolute atomic E-state index is 12.6. The molecule has 2 N–H and O–H groups in total. The van der Waals surface area contributed by atoms with Gasteiger partial charge >= 0.3 is 6.09 Å². The van der Waals surface area contributed by atoms with Gasteiger partial charge in [-0.2, -0.15) is 0 Å². The van der Waals surface area contributed by atoms with E-state index in [0.717, 1.165) is 11.1 Å². The summed E-state index contributed by atoms with van der Waals surface area (Å²) in [6.07, 6.45) is -0.614. The van der Waals surface area contributed by atoms with Crippen LogP contribution in [0.15, 0.2) is 48.5 Å². The van der Waals surface area contributed by atoms with Crippen LogP contribution in [-0.4, -0.2) is 54.4 Å². The number of amides is 2. The zero-order chi connectivity index (χ0) is 21.5. The number of rotatable bonds is 7. The van der Waals surface area contributed by atoms with Crippen LogP contribution in [0.4, 0.5) is 4.79 Å². The molecule has 30 heavy (non-hydrogen) atoms. The van der Waals surface area contributed by atoms with E-state index in [9.17, 15) is 14.7 Å². The van der Waals surface area contributed by atoms with Gasteiger partial charge in [0.2, 0.25) is 5.91 Å². The second kappa shape index (κ2) is 10.3. The van der Waals surface area contributed by atoms with Crippen LogP contribution in [0, 0.1) is 0 Å². The average molecular weight is 433 g/mol. The molecule has 0 spiro atoms. The number of β-amino-alcohol motifs (C(OH)–C–C–N with tert-alkyl or cyclic N) is 1. The number of hydrogen-bond donors (Lipinski definition) is 2. The van der Waals surface area contributed by atoms with Crippen molar-refractivity contribution in [1.29, 1.82) is 0 Å². The van der Waals surface area contributed by atoms with E-state index in [2.05, 4.69) is 5.32 Å². The quantitative estimate of drug-likeness (QED) is 0.702. The van der Waals surface area contributed by atoms with Crippen LogP contribution in [0.2, 0.25) is 5.02 Å². The Hall–Kier alpha value is -2.77. The Bertz CT molecular complexity index is 877. The number of aliphatic hydroxyl groups excluding tert-OH is 1. The van der Waals surface area contributed by atoms with Crippen molar-refractivity contribution in [2.75, 3.05) is 20.2 Å². The monoisotopic (exact) mass is 432 g/mol. The van der Waals surface area contributed by atoms with Gasteiger partial charge < -0.3 is 19.9 Å². The van der Waals surface area contributed by atoms with Gasteiger partial charge in [0, 0.05) is 13.0 Å². The molecule has 0 unspecified atom stereocenters. The SMILES string of the molecule is COc1cc(CCNC(=O)[C@@H]2C[C@@H](O)CN2C(=O)OCc2ccccc2)ccc1Cl. The fourth-order valence-corrected chi connectivity index (χ4v) is 3.57. The van der Waals surface area contributed by atoms with Crippen molar-refractivity contribution >= 4 is 23.6 Å². The van der Waals surface area contributed by atoms with Crippen molar-refractivity contribution in [2.45, 2.75) is 31.6 Å². The molecule has 2 aromatic rings. The molecule has 0 bridgehead atoms. The van der Waals surface area contributed by atoms with Crippen molar-refractivity contribution in [3.63, 3.8) is 0 Å². The van der Waals surface area contributed by atoms with E-state index in [1.807, 2.05) is 42.5 Å². The maximum atomic E-state index is 12.6. The van der Waals surface area contributed by atoms with Gasteiger partial charge in [-0.05, 0) is 29.7 Å². The first-order chi connectivity index (χ1) is 14.5. The van der Waals surface area contributed by atoms with Crippen LogP contribution in [0.1, 0.15) is 17.5 Å². The predicted molar refractivity (Wildman–Crippen MR) is 112 cm³/mol. The molecule has 2 aromatic carbocycles. The molecule has 2 atom stereocenters. The summed E-state index contributed by atoms with van der Waals surface area (Å²) in [7, 11) is 1.55. The summed E-state index contributed by atoms with van der Waals surface area (Å²) in [6.45, 7) is 0.558. The highest BCUT2D eigenvalue weighted by atomic mass is 35.5. The van der Waals surface area contributed by atoms with Crippen molar-refractivity contribution in [1.82, 2.24) is 10.2 Å². The Morgan fingerprint density at radius 1 is 1.20 bits per heavy atom. The smallest absolute Gasteiger partial charge is 0.410 e. The number of carbonyl (C=O) groups excluding carboxylic acids is 2. The molecule has 0 aliphatic carbocycles. The number of aliphatic hydroxyl groups is 1. The Balaban J connectivity index is 1.52. The highest BCUT2D eigenvalue weighted by Gasteiger charge is 2.39. The summed E-state index contributed by atoms with van der Waals surface area (Å²) < 4.78 is 10.5. The molecule has 160 valence electrons. The van der Waals surface area contributed by atoms with Gasteiger partial charge in [0.05, 0.1) is 24.8 Å². The lowest BCUT2D eigenvalue weighted by Gasteiger charge is -2.23. The lowest BCUT2D eigenvalue weighted by atomic mass is 10.1. The van der Waals surface area contributed by atoms with Crippen molar-refractivity contribution < 1.29 is 24.2 Å². The minimum Gasteiger partial charge on any atom is -0.495 e. The van der Waals surface area contributed by atoms with Crippen LogP contribution in [0.5, 0.6) is 5.75 Å². The zero-order valence-corrected chi connectivity index (χ0v) is 17.5. The van der Waals surface area contributed by atoms with Crippen molar-refractivity contribution in [2.24, 2.45) is 0 Å². The second-order valence-electron chi connectivity index (χ2n) is 7.11. The van der Waals surface area contributed by atoms with Crippen LogP contribution < -0.4 is 10.1 Å². The number of methoxy groups -OCH3 is 1. The third-order valence-corrected chi connectivity index (χ3v) is 5.26. The fourth-order valence-electron chi connectivity index (χ4n) is 3.37. The molecule has 7 nitrogen and oxygen atoms in total. The van der Waals surface area contributed by atoms with Gasteiger partial charge in [0.25, 0.3) is 0 Å². The summed E-state index contributed by atoms with van der Waals surface area (Å²) in [6, 6.07) is 14.0. The lowest BCUT2D eigenvalue weighted by Crippen LogP contribution is -2.46. The van der Waals surface area contributed by atoms with E-state index in [1.54, 1.807) is 13.2 Å². The van der Waals surface area contributed by atoms with Gasteiger partial charge in [-0.1, -0.05) is 48.0 Å². The highest BCUT2D eigenvalue weighted by molar-refractivity contribution is 6.32. The van der Waals surface area contributed by atoms with Crippen molar-refractivity contribution in [3.8, 4) is 5.75 Å². The molecule has 1 aliphatic rings. The van der Waals surface area contributed by atoms with Crippen LogP contribution >= 0.6 is 11.6 Å². The van der Waals surface area contributed by atoms with Crippen molar-refractivity contribution in [3.05, 3.63) is 64.7 Å². The lowest BCUT2D eigenvalue weighted by molar-refractivity contribution is -0.125. The van der Waals surface area contributed by atoms with Gasteiger partial charge in [0.15, 0.2) is 0 Å². The summed E-state index contributed by atoms with van der Waals surface area (Å²) in [5, 5.41) is 13.3. The summed E-state index contributed by atoms with van der Waals surface area (Å²) in [5.41, 5.74) is 1.81. The minimum atomic E-state index is -0.761. The molecule has 1 fully saturated rings. The normalized spacial score (nSPS) is 18.2. The number of halogens is 1. The summed E-state index contributed by atoms with van der Waals surface area (Å²) in [4.78, 5) is 26.4. The third-order valence-electron chi connectivity index (χ3n) is 4.95. The Kier molecular flexibility index (Phi) is 7.54. The first-order valence-corrected chi connectivity index (χ1v) is 10.1. The molecule has 0 radical (unpaired) electrons. The molecule has 1 aliphatic heterocycles. The molecule has 1 saturated heterocycles. The Morgan fingerprint density at radius 2 is 1.97 bits per heavy atom. The molecule has 8 heteroatoms. The minimum absolute atomic E-state index is 0.0695. The van der Waals surface area contributed by atoms with E-state index < -0.39 is 18.2 Å². The third kappa shape index (κ3) is 5.64. The standard InChI is InChI=1S/C22H25ClN2O5/c1-29-20-11-15(7-8-18(20)23)9-10-24-21(27)19-12-17(26)13-25(19)22(28)30-14-16-5-3-2-4-6-16/h2-8,11,17,19,26H,9-10,12-14H2,1H3,(H,24,27)/t17-,19+/m1/s1. The fraction of sp³-hybridized carbons (Fsp3) is 0.364. The van der Waals surface area contributed by atoms with Gasteiger partial charge in [-0.25, -0.2) is 4.79 Å². The van der Waals surface area contributed by atoms with E-state index in [-0.39, 0.29) is 25.5 Å². The molecule has 2 amide bonds. The molecule has 1 heterocycles. The number of hydrogen-bond acceptors (Lipinski definition) is 5. The topological polar surface area (TPSA) is 88.1 Å². The Morgan fingerprint density at radius 3 is 2.70 bits per heavy atom. The van der Waals surface area contributed by atoms with E-state index in [1.165, 1.54) is 4.90 Å². The molecular weight excluding hydrogens is 408 g/mol. The summed E-state index contributed by atoms with van der Waals surface area (Å²) in [5.74, 6) is 0.260. The average Bonchev–Trinajstić information content (AvgIpc) is 3.15. The van der Waals surface area contributed by atoms with Gasteiger partial charge in [-0.15, -0.1) is 0 Å². The molecule has 0 aromatic heterocycles. The molecular formula is C22H25ClN2O5. The van der Waals surface area contributed by atoms with Gasteiger partial charge in [-0.3, -0.25) is 9.69 Å². The number of benzene rings is 2.